The highest BCUT2D eigenvalue weighted by molar-refractivity contribution is 5.69. The van der Waals surface area contributed by atoms with Crippen molar-refractivity contribution in [2.75, 3.05) is 6.61 Å². The molecule has 3 aromatic heterocycles. The summed E-state index contributed by atoms with van der Waals surface area (Å²) in [5, 5.41) is 0. The van der Waals surface area contributed by atoms with E-state index in [1.807, 2.05) is 41.1 Å². The lowest BCUT2D eigenvalue weighted by Gasteiger charge is -2.01. The van der Waals surface area contributed by atoms with Crippen molar-refractivity contribution < 1.29 is 13.9 Å². The summed E-state index contributed by atoms with van der Waals surface area (Å²) in [7, 11) is 0. The van der Waals surface area contributed by atoms with E-state index in [-0.39, 0.29) is 12.5 Å². The van der Waals surface area contributed by atoms with Crippen LogP contribution in [0.15, 0.2) is 59.5 Å². The molecule has 0 saturated heterocycles. The van der Waals surface area contributed by atoms with E-state index in [4.69, 9.17) is 9.15 Å². The molecule has 0 aliphatic carbocycles. The van der Waals surface area contributed by atoms with Gasteiger partial charge in [0.2, 0.25) is 0 Å². The molecule has 3 aromatic rings. The molecule has 0 amide bonds. The number of aromatic nitrogens is 2. The Hall–Kier alpha value is -2.69. The second kappa shape index (κ2) is 8.56. The topological polar surface area (TPSA) is 49.3 Å². The van der Waals surface area contributed by atoms with Crippen LogP contribution < -0.4 is 0 Å². The van der Waals surface area contributed by atoms with Crippen LogP contribution >= 0.6 is 0 Å². The van der Waals surface area contributed by atoms with E-state index < -0.39 is 0 Å². The minimum atomic E-state index is -0.222. The van der Waals surface area contributed by atoms with Gasteiger partial charge in [-0.25, -0.2) is 0 Å². The van der Waals surface area contributed by atoms with E-state index >= 15 is 0 Å². The number of ether oxygens (including phenoxy) is 1. The first-order chi connectivity index (χ1) is 10.8. The van der Waals surface area contributed by atoms with E-state index in [9.17, 15) is 4.79 Å². The molecule has 5 nitrogen and oxygen atoms in total. The molecule has 0 N–H and O–H groups in total. The SMILES string of the molecule is CCOC(=O)Cn1[c]ccc1.[c]1cccn1Cc1ccco1. The van der Waals surface area contributed by atoms with Crippen LogP contribution in [0.3, 0.4) is 0 Å². The third kappa shape index (κ3) is 5.36. The molecule has 0 atom stereocenters. The lowest BCUT2D eigenvalue weighted by molar-refractivity contribution is -0.143. The van der Waals surface area contributed by atoms with Crippen molar-refractivity contribution in [1.82, 2.24) is 9.13 Å². The summed E-state index contributed by atoms with van der Waals surface area (Å²) in [6.07, 6.45) is 11.3. The molecule has 3 heterocycles. The molecule has 22 heavy (non-hydrogen) atoms. The molecular weight excluding hydrogens is 280 g/mol. The van der Waals surface area contributed by atoms with Gasteiger partial charge >= 0.3 is 5.97 Å². The Labute approximate surface area is 129 Å². The predicted molar refractivity (Wildman–Crippen MR) is 81.0 cm³/mol. The Bertz CT molecular complexity index is 593. The summed E-state index contributed by atoms with van der Waals surface area (Å²) in [5.74, 6) is 0.734. The fourth-order valence-electron chi connectivity index (χ4n) is 1.77. The van der Waals surface area contributed by atoms with E-state index in [0.29, 0.717) is 6.61 Å². The minimum absolute atomic E-state index is 0.222. The third-order valence-electron chi connectivity index (χ3n) is 2.72. The highest BCUT2D eigenvalue weighted by Gasteiger charge is 2.00. The molecule has 0 spiro atoms. The van der Waals surface area contributed by atoms with Crippen LogP contribution in [0, 0.1) is 12.4 Å². The van der Waals surface area contributed by atoms with Gasteiger partial charge in [0, 0.05) is 12.4 Å². The molecule has 0 aromatic carbocycles. The molecule has 3 rings (SSSR count). The van der Waals surface area contributed by atoms with Crippen molar-refractivity contribution >= 4 is 5.97 Å². The number of nitrogens with zero attached hydrogens (tertiary/aromatic N) is 2. The normalized spacial score (nSPS) is 9.86. The van der Waals surface area contributed by atoms with Crippen LogP contribution in [0.5, 0.6) is 0 Å². The summed E-state index contributed by atoms with van der Waals surface area (Å²) in [6, 6.07) is 11.2. The van der Waals surface area contributed by atoms with Crippen LogP contribution in [-0.2, 0) is 22.6 Å². The first-order valence-electron chi connectivity index (χ1n) is 7.01. The van der Waals surface area contributed by atoms with E-state index in [0.717, 1.165) is 12.3 Å². The number of carbonyl (C=O) groups excluding carboxylic acids is 1. The van der Waals surface area contributed by atoms with Crippen molar-refractivity contribution in [1.29, 1.82) is 0 Å². The Kier molecular flexibility index (Phi) is 6.11. The number of carbonyl (C=O) groups is 1. The van der Waals surface area contributed by atoms with E-state index in [1.165, 1.54) is 0 Å². The van der Waals surface area contributed by atoms with Crippen LogP contribution in [0.2, 0.25) is 0 Å². The van der Waals surface area contributed by atoms with Gasteiger partial charge in [0.05, 0.1) is 31.8 Å². The number of hydrogen-bond acceptors (Lipinski definition) is 3. The first-order valence-corrected chi connectivity index (χ1v) is 7.01. The standard InChI is InChI=1S/C9H8NO.C8H10NO2/c1-2-6-10(5-1)8-9-4-3-7-11-9;1-2-11-8(10)7-9-5-3-4-6-9/h1-5,7H,8H2;3-5H,2,7H2,1H3. The lowest BCUT2D eigenvalue weighted by atomic mass is 10.4. The Morgan fingerprint density at radius 3 is 2.45 bits per heavy atom. The maximum absolute atomic E-state index is 10.8. The minimum Gasteiger partial charge on any atom is -0.467 e. The molecule has 0 fully saturated rings. The van der Waals surface area contributed by atoms with Gasteiger partial charge in [-0.3, -0.25) is 4.79 Å². The van der Waals surface area contributed by atoms with Gasteiger partial charge < -0.3 is 18.3 Å². The molecule has 0 saturated carbocycles. The van der Waals surface area contributed by atoms with Crippen LogP contribution in [-0.4, -0.2) is 21.7 Å². The predicted octanol–water partition coefficient (Wildman–Crippen LogP) is 2.78. The number of esters is 1. The summed E-state index contributed by atoms with van der Waals surface area (Å²) in [6.45, 7) is 3.23. The summed E-state index contributed by atoms with van der Waals surface area (Å²) in [5.41, 5.74) is 0. The summed E-state index contributed by atoms with van der Waals surface area (Å²) >= 11 is 0. The Balaban J connectivity index is 0.000000160. The smallest absolute Gasteiger partial charge is 0.325 e. The molecule has 0 aliphatic rings. The van der Waals surface area contributed by atoms with E-state index in [2.05, 4.69) is 12.4 Å². The highest BCUT2D eigenvalue weighted by Crippen LogP contribution is 2.02. The lowest BCUT2D eigenvalue weighted by Crippen LogP contribution is -2.11. The molecule has 0 aliphatic heterocycles. The zero-order chi connectivity index (χ0) is 15.6. The van der Waals surface area contributed by atoms with Gasteiger partial charge in [-0.05, 0) is 43.3 Å². The van der Waals surface area contributed by atoms with Gasteiger partial charge in [-0.15, -0.1) is 0 Å². The Morgan fingerprint density at radius 1 is 1.18 bits per heavy atom. The number of hydrogen-bond donors (Lipinski definition) is 0. The first kappa shape index (κ1) is 15.7. The van der Waals surface area contributed by atoms with Crippen molar-refractivity contribution in [3.63, 3.8) is 0 Å². The maximum Gasteiger partial charge on any atom is 0.325 e. The van der Waals surface area contributed by atoms with Crippen molar-refractivity contribution in [2.24, 2.45) is 0 Å². The molecular formula is C17H18N2O3. The van der Waals surface area contributed by atoms with Crippen LogP contribution in [0.1, 0.15) is 12.7 Å². The quantitative estimate of drug-likeness (QED) is 0.681. The summed E-state index contributed by atoms with van der Waals surface area (Å²) in [4.78, 5) is 10.8. The van der Waals surface area contributed by atoms with Crippen LogP contribution in [0.25, 0.3) is 0 Å². The number of furan rings is 1. The fraction of sp³-hybridized carbons (Fsp3) is 0.235. The average Bonchev–Trinajstić information content (AvgIpc) is 3.23. The molecule has 2 radical (unpaired) electrons. The van der Waals surface area contributed by atoms with Crippen molar-refractivity contribution in [2.45, 2.75) is 20.0 Å². The monoisotopic (exact) mass is 298 g/mol. The second-order valence-corrected chi connectivity index (χ2v) is 4.41. The van der Waals surface area contributed by atoms with E-state index in [1.54, 1.807) is 30.0 Å². The molecule has 114 valence electrons. The largest absolute Gasteiger partial charge is 0.467 e. The highest BCUT2D eigenvalue weighted by atomic mass is 16.5. The molecule has 5 heteroatoms. The van der Waals surface area contributed by atoms with Gasteiger partial charge in [0.1, 0.15) is 12.3 Å². The zero-order valence-electron chi connectivity index (χ0n) is 12.4. The van der Waals surface area contributed by atoms with Gasteiger partial charge in [-0.2, -0.15) is 0 Å². The van der Waals surface area contributed by atoms with Gasteiger partial charge in [-0.1, -0.05) is 0 Å². The fourth-order valence-corrected chi connectivity index (χ4v) is 1.77. The average molecular weight is 298 g/mol. The third-order valence-corrected chi connectivity index (χ3v) is 2.72. The van der Waals surface area contributed by atoms with Crippen LogP contribution in [0.4, 0.5) is 0 Å². The second-order valence-electron chi connectivity index (χ2n) is 4.41. The zero-order valence-corrected chi connectivity index (χ0v) is 12.4. The number of rotatable bonds is 5. The van der Waals surface area contributed by atoms with Gasteiger partial charge in [0.15, 0.2) is 0 Å². The molecule has 0 bridgehead atoms. The van der Waals surface area contributed by atoms with Gasteiger partial charge in [0.25, 0.3) is 0 Å². The Morgan fingerprint density at radius 2 is 1.91 bits per heavy atom. The maximum atomic E-state index is 10.8. The van der Waals surface area contributed by atoms with Crippen molar-refractivity contribution in [3.8, 4) is 0 Å². The van der Waals surface area contributed by atoms with Crippen molar-refractivity contribution in [3.05, 3.63) is 73.2 Å². The summed E-state index contributed by atoms with van der Waals surface area (Å²) < 4.78 is 13.5. The molecule has 0 unspecified atom stereocenters.